The van der Waals surface area contributed by atoms with Crippen LogP contribution in [0.3, 0.4) is 0 Å². The lowest BCUT2D eigenvalue weighted by molar-refractivity contribution is 0.0918. The summed E-state index contributed by atoms with van der Waals surface area (Å²) in [4.78, 5) is 27.2. The number of carboxylic acid groups (broad SMARTS) is 1. The number of hydrogen-bond donors (Lipinski definition) is 1. The Morgan fingerprint density at radius 1 is 1.56 bits per heavy atom. The zero-order chi connectivity index (χ0) is 12.0. The first-order valence-corrected chi connectivity index (χ1v) is 4.67. The summed E-state index contributed by atoms with van der Waals surface area (Å²) in [6, 6.07) is 3.23. The molecule has 0 saturated heterocycles. The van der Waals surface area contributed by atoms with Gasteiger partial charge < -0.3 is 5.11 Å². The van der Waals surface area contributed by atoms with Crippen LogP contribution in [0.4, 0.5) is 4.79 Å². The van der Waals surface area contributed by atoms with Crippen LogP contribution in [0.1, 0.15) is 10.4 Å². The molecular formula is C11H12N2O3. The molecule has 0 radical (unpaired) electrons. The molecule has 0 aliphatic rings. The maximum atomic E-state index is 11.7. The number of ketones is 1. The largest absolute Gasteiger partial charge is 0.465 e. The van der Waals surface area contributed by atoms with Crippen molar-refractivity contribution in [2.75, 3.05) is 13.1 Å². The van der Waals surface area contributed by atoms with Gasteiger partial charge in [0.1, 0.15) is 0 Å². The average Bonchev–Trinajstić information content (AvgIpc) is 2.29. The standard InChI is InChI=1S/C11H12N2O3/c1-2-6-13(11(15)16)8-10(14)9-4-3-5-12-7-9/h2-5,7H,1,6,8H2,(H,15,16). The number of rotatable bonds is 5. The molecule has 0 saturated carbocycles. The number of carbonyl (C=O) groups is 2. The molecule has 16 heavy (non-hydrogen) atoms. The van der Waals surface area contributed by atoms with E-state index in [0.717, 1.165) is 4.90 Å². The Kier molecular flexibility index (Phi) is 4.20. The Balaban J connectivity index is 2.69. The number of hydrogen-bond acceptors (Lipinski definition) is 3. The van der Waals surface area contributed by atoms with Gasteiger partial charge >= 0.3 is 6.09 Å². The molecule has 1 aromatic rings. The van der Waals surface area contributed by atoms with Crippen LogP contribution >= 0.6 is 0 Å². The Morgan fingerprint density at radius 2 is 2.31 bits per heavy atom. The predicted octanol–water partition coefficient (Wildman–Crippen LogP) is 1.43. The highest BCUT2D eigenvalue weighted by molar-refractivity contribution is 5.98. The van der Waals surface area contributed by atoms with Crippen LogP contribution in [0.15, 0.2) is 37.2 Å². The zero-order valence-electron chi connectivity index (χ0n) is 8.67. The van der Waals surface area contributed by atoms with Gasteiger partial charge in [0.05, 0.1) is 6.54 Å². The van der Waals surface area contributed by atoms with Gasteiger partial charge in [-0.15, -0.1) is 6.58 Å². The quantitative estimate of drug-likeness (QED) is 0.602. The van der Waals surface area contributed by atoms with Crippen LogP contribution in [0.25, 0.3) is 0 Å². The second-order valence-electron chi connectivity index (χ2n) is 3.12. The number of nitrogens with zero attached hydrogens (tertiary/aromatic N) is 2. The zero-order valence-corrected chi connectivity index (χ0v) is 8.67. The van der Waals surface area contributed by atoms with Crippen molar-refractivity contribution in [1.82, 2.24) is 9.88 Å². The molecule has 0 aromatic carbocycles. The highest BCUT2D eigenvalue weighted by atomic mass is 16.4. The third-order valence-corrected chi connectivity index (χ3v) is 1.94. The van der Waals surface area contributed by atoms with Gasteiger partial charge in [-0.25, -0.2) is 4.79 Å². The van der Waals surface area contributed by atoms with Gasteiger partial charge in [-0.05, 0) is 12.1 Å². The van der Waals surface area contributed by atoms with Crippen molar-refractivity contribution in [2.24, 2.45) is 0 Å². The van der Waals surface area contributed by atoms with Crippen LogP contribution in [-0.2, 0) is 0 Å². The van der Waals surface area contributed by atoms with E-state index in [1.165, 1.54) is 12.3 Å². The van der Waals surface area contributed by atoms with Gasteiger partial charge in [-0.1, -0.05) is 6.08 Å². The van der Waals surface area contributed by atoms with Crippen molar-refractivity contribution in [3.05, 3.63) is 42.7 Å². The molecule has 1 heterocycles. The molecule has 0 spiro atoms. The third-order valence-electron chi connectivity index (χ3n) is 1.94. The first kappa shape index (κ1) is 11.9. The fourth-order valence-electron chi connectivity index (χ4n) is 1.16. The van der Waals surface area contributed by atoms with E-state index in [1.54, 1.807) is 18.3 Å². The topological polar surface area (TPSA) is 70.5 Å². The van der Waals surface area contributed by atoms with E-state index in [2.05, 4.69) is 11.6 Å². The van der Waals surface area contributed by atoms with Gasteiger partial charge in [0.2, 0.25) is 0 Å². The van der Waals surface area contributed by atoms with Crippen LogP contribution in [-0.4, -0.2) is 40.0 Å². The molecule has 5 heteroatoms. The maximum absolute atomic E-state index is 11.7. The molecule has 1 amide bonds. The van der Waals surface area contributed by atoms with E-state index < -0.39 is 6.09 Å². The van der Waals surface area contributed by atoms with Crippen molar-refractivity contribution < 1.29 is 14.7 Å². The lowest BCUT2D eigenvalue weighted by Crippen LogP contribution is -2.34. The Hall–Kier alpha value is -2.17. The van der Waals surface area contributed by atoms with E-state index in [-0.39, 0.29) is 18.9 Å². The molecule has 0 unspecified atom stereocenters. The van der Waals surface area contributed by atoms with Gasteiger partial charge in [-0.2, -0.15) is 0 Å². The fourth-order valence-corrected chi connectivity index (χ4v) is 1.16. The molecule has 0 aliphatic heterocycles. The molecule has 0 fully saturated rings. The summed E-state index contributed by atoms with van der Waals surface area (Å²) in [5.41, 5.74) is 0.401. The Morgan fingerprint density at radius 3 is 2.81 bits per heavy atom. The van der Waals surface area contributed by atoms with Crippen molar-refractivity contribution in [3.8, 4) is 0 Å². The Bertz CT molecular complexity index is 389. The first-order valence-electron chi connectivity index (χ1n) is 4.67. The summed E-state index contributed by atoms with van der Waals surface area (Å²) in [5.74, 6) is -0.280. The molecule has 0 aliphatic carbocycles. The normalized spacial score (nSPS) is 9.50. The summed E-state index contributed by atoms with van der Waals surface area (Å²) in [6.07, 6.45) is 3.26. The van der Waals surface area contributed by atoms with Crippen LogP contribution in [0.2, 0.25) is 0 Å². The highest BCUT2D eigenvalue weighted by Gasteiger charge is 2.15. The number of amides is 1. The van der Waals surface area contributed by atoms with E-state index in [0.29, 0.717) is 5.56 Å². The van der Waals surface area contributed by atoms with Crippen molar-refractivity contribution in [1.29, 1.82) is 0 Å². The summed E-state index contributed by atoms with van der Waals surface area (Å²) >= 11 is 0. The van der Waals surface area contributed by atoms with E-state index in [9.17, 15) is 9.59 Å². The number of aromatic nitrogens is 1. The van der Waals surface area contributed by atoms with Gasteiger partial charge in [0.15, 0.2) is 5.78 Å². The monoisotopic (exact) mass is 220 g/mol. The van der Waals surface area contributed by atoms with Crippen LogP contribution in [0, 0.1) is 0 Å². The number of carbonyl (C=O) groups excluding carboxylic acids is 1. The van der Waals surface area contributed by atoms with Gasteiger partial charge in [0, 0.05) is 24.5 Å². The van der Waals surface area contributed by atoms with E-state index >= 15 is 0 Å². The van der Waals surface area contributed by atoms with E-state index in [4.69, 9.17) is 5.11 Å². The highest BCUT2D eigenvalue weighted by Crippen LogP contribution is 2.00. The summed E-state index contributed by atoms with van der Waals surface area (Å²) in [6.45, 7) is 3.37. The van der Waals surface area contributed by atoms with E-state index in [1.807, 2.05) is 0 Å². The van der Waals surface area contributed by atoms with Gasteiger partial charge in [-0.3, -0.25) is 14.7 Å². The van der Waals surface area contributed by atoms with Crippen molar-refractivity contribution in [3.63, 3.8) is 0 Å². The lowest BCUT2D eigenvalue weighted by Gasteiger charge is -2.15. The number of Topliss-reactive ketones (excluding diaryl/α,β-unsaturated/α-hetero) is 1. The molecule has 1 N–H and O–H groups in total. The Labute approximate surface area is 93.0 Å². The number of pyridine rings is 1. The van der Waals surface area contributed by atoms with Crippen LogP contribution in [0.5, 0.6) is 0 Å². The molecule has 5 nitrogen and oxygen atoms in total. The lowest BCUT2D eigenvalue weighted by atomic mass is 10.2. The molecule has 84 valence electrons. The summed E-state index contributed by atoms with van der Waals surface area (Å²) in [7, 11) is 0. The predicted molar refractivity (Wildman–Crippen MR) is 58.4 cm³/mol. The molecule has 0 atom stereocenters. The second-order valence-corrected chi connectivity index (χ2v) is 3.12. The second kappa shape index (κ2) is 5.65. The first-order chi connectivity index (χ1) is 7.65. The minimum atomic E-state index is -1.14. The van der Waals surface area contributed by atoms with Gasteiger partial charge in [0.25, 0.3) is 0 Å². The third kappa shape index (κ3) is 3.20. The van der Waals surface area contributed by atoms with Crippen molar-refractivity contribution >= 4 is 11.9 Å². The average molecular weight is 220 g/mol. The maximum Gasteiger partial charge on any atom is 0.407 e. The minimum absolute atomic E-state index is 0.126. The van der Waals surface area contributed by atoms with Crippen molar-refractivity contribution in [2.45, 2.75) is 0 Å². The SMILES string of the molecule is C=CCN(CC(=O)c1cccnc1)C(=O)O. The molecular weight excluding hydrogens is 208 g/mol. The smallest absolute Gasteiger partial charge is 0.407 e. The molecule has 1 rings (SSSR count). The molecule has 0 bridgehead atoms. The molecule has 1 aromatic heterocycles. The minimum Gasteiger partial charge on any atom is -0.465 e. The summed E-state index contributed by atoms with van der Waals surface area (Å²) < 4.78 is 0. The fraction of sp³-hybridized carbons (Fsp3) is 0.182. The van der Waals surface area contributed by atoms with Crippen LogP contribution < -0.4 is 0 Å². The summed E-state index contributed by atoms with van der Waals surface area (Å²) in [5, 5.41) is 8.81.